The first kappa shape index (κ1) is 20.6. The van der Waals surface area contributed by atoms with Crippen LogP contribution in [0.2, 0.25) is 0 Å². The summed E-state index contributed by atoms with van der Waals surface area (Å²) in [6, 6.07) is 11.2. The minimum absolute atomic E-state index is 0.0713. The van der Waals surface area contributed by atoms with E-state index in [1.807, 2.05) is 0 Å². The van der Waals surface area contributed by atoms with Gasteiger partial charge in [-0.05, 0) is 29.3 Å². The monoisotopic (exact) mass is 406 g/mol. The van der Waals surface area contributed by atoms with E-state index in [0.29, 0.717) is 5.56 Å². The van der Waals surface area contributed by atoms with Crippen LogP contribution in [0.5, 0.6) is 0 Å². The second kappa shape index (κ2) is 8.06. The van der Waals surface area contributed by atoms with E-state index in [0.717, 1.165) is 6.07 Å². The topological polar surface area (TPSA) is 106 Å². The van der Waals surface area contributed by atoms with Crippen LogP contribution in [0.25, 0.3) is 22.0 Å². The zero-order valence-corrected chi connectivity index (χ0v) is 15.0. The SMILES string of the molecule is Nc1cc(-c2ccccc2C(=O)OCC(O)CO)c2cccc(C(F)(F)F)c2n1. The van der Waals surface area contributed by atoms with Gasteiger partial charge in [0.25, 0.3) is 0 Å². The molecule has 1 heterocycles. The summed E-state index contributed by atoms with van der Waals surface area (Å²) < 4.78 is 45.2. The van der Waals surface area contributed by atoms with E-state index >= 15 is 0 Å². The molecule has 152 valence electrons. The van der Waals surface area contributed by atoms with E-state index in [1.165, 1.54) is 24.3 Å². The van der Waals surface area contributed by atoms with E-state index in [1.54, 1.807) is 18.2 Å². The average Bonchev–Trinajstić information content (AvgIpc) is 2.69. The molecule has 0 saturated heterocycles. The highest BCUT2D eigenvalue weighted by atomic mass is 19.4. The van der Waals surface area contributed by atoms with Gasteiger partial charge in [-0.3, -0.25) is 0 Å². The molecule has 1 atom stereocenters. The van der Waals surface area contributed by atoms with Gasteiger partial charge in [0, 0.05) is 5.39 Å². The van der Waals surface area contributed by atoms with Crippen LogP contribution < -0.4 is 5.73 Å². The summed E-state index contributed by atoms with van der Waals surface area (Å²) in [5.41, 5.74) is 5.16. The van der Waals surface area contributed by atoms with Crippen LogP contribution in [0.3, 0.4) is 0 Å². The van der Waals surface area contributed by atoms with E-state index < -0.39 is 37.0 Å². The number of nitrogen functional groups attached to an aromatic ring is 1. The Morgan fingerprint density at radius 2 is 1.86 bits per heavy atom. The lowest BCUT2D eigenvalue weighted by atomic mass is 9.95. The van der Waals surface area contributed by atoms with E-state index in [9.17, 15) is 23.1 Å². The van der Waals surface area contributed by atoms with Crippen LogP contribution in [0.15, 0.2) is 48.5 Å². The second-order valence-corrected chi connectivity index (χ2v) is 6.27. The number of ether oxygens (including phenoxy) is 1. The molecule has 0 aliphatic carbocycles. The summed E-state index contributed by atoms with van der Waals surface area (Å²) in [5.74, 6) is -0.938. The van der Waals surface area contributed by atoms with Crippen molar-refractivity contribution in [1.82, 2.24) is 4.98 Å². The van der Waals surface area contributed by atoms with Crippen molar-refractivity contribution in [2.75, 3.05) is 18.9 Å². The Hall–Kier alpha value is -3.17. The number of aliphatic hydroxyl groups is 2. The Morgan fingerprint density at radius 1 is 1.14 bits per heavy atom. The van der Waals surface area contributed by atoms with Crippen molar-refractivity contribution in [3.8, 4) is 11.1 Å². The molecule has 0 bridgehead atoms. The summed E-state index contributed by atoms with van der Waals surface area (Å²) in [7, 11) is 0. The number of pyridine rings is 1. The molecule has 3 rings (SSSR count). The van der Waals surface area contributed by atoms with Gasteiger partial charge >= 0.3 is 12.1 Å². The molecule has 4 N–H and O–H groups in total. The molecule has 3 aromatic rings. The number of benzene rings is 2. The minimum Gasteiger partial charge on any atom is -0.459 e. The molecule has 2 aromatic carbocycles. The predicted octanol–water partition coefficient (Wildman–Crippen LogP) is 3.01. The summed E-state index contributed by atoms with van der Waals surface area (Å²) in [6.45, 7) is -1.01. The third-order valence-electron chi connectivity index (χ3n) is 4.22. The summed E-state index contributed by atoms with van der Waals surface area (Å²) >= 11 is 0. The van der Waals surface area contributed by atoms with Gasteiger partial charge in [0.1, 0.15) is 18.5 Å². The molecular formula is C20H17F3N2O4. The first-order valence-electron chi connectivity index (χ1n) is 8.54. The maximum absolute atomic E-state index is 13.4. The van der Waals surface area contributed by atoms with Crippen molar-refractivity contribution in [1.29, 1.82) is 0 Å². The first-order valence-corrected chi connectivity index (χ1v) is 8.54. The van der Waals surface area contributed by atoms with Crippen molar-refractivity contribution in [3.63, 3.8) is 0 Å². The molecule has 0 radical (unpaired) electrons. The van der Waals surface area contributed by atoms with Gasteiger partial charge in [-0.25, -0.2) is 9.78 Å². The Balaban J connectivity index is 2.16. The number of rotatable bonds is 5. The quantitative estimate of drug-likeness (QED) is 0.563. The molecule has 6 nitrogen and oxygen atoms in total. The van der Waals surface area contributed by atoms with E-state index in [-0.39, 0.29) is 27.8 Å². The second-order valence-electron chi connectivity index (χ2n) is 6.27. The van der Waals surface area contributed by atoms with Crippen LogP contribution in [0.1, 0.15) is 15.9 Å². The number of anilines is 1. The average molecular weight is 406 g/mol. The fourth-order valence-electron chi connectivity index (χ4n) is 2.92. The lowest BCUT2D eigenvalue weighted by Crippen LogP contribution is -2.22. The first-order chi connectivity index (χ1) is 13.7. The highest BCUT2D eigenvalue weighted by molar-refractivity contribution is 6.04. The number of nitrogens with two attached hydrogens (primary N) is 1. The van der Waals surface area contributed by atoms with Crippen molar-refractivity contribution >= 4 is 22.7 Å². The molecule has 0 fully saturated rings. The smallest absolute Gasteiger partial charge is 0.418 e. The number of carbonyl (C=O) groups excluding carboxylic acids is 1. The molecule has 9 heteroatoms. The predicted molar refractivity (Wildman–Crippen MR) is 100.0 cm³/mol. The highest BCUT2D eigenvalue weighted by Gasteiger charge is 2.33. The van der Waals surface area contributed by atoms with Gasteiger partial charge in [0.2, 0.25) is 0 Å². The molecule has 0 aliphatic rings. The number of hydrogen-bond donors (Lipinski definition) is 3. The Labute approximate surface area is 163 Å². The number of nitrogens with zero attached hydrogens (tertiary/aromatic N) is 1. The highest BCUT2D eigenvalue weighted by Crippen LogP contribution is 2.38. The zero-order chi connectivity index (χ0) is 21.2. The van der Waals surface area contributed by atoms with Crippen LogP contribution >= 0.6 is 0 Å². The van der Waals surface area contributed by atoms with Gasteiger partial charge in [0.05, 0.1) is 23.3 Å². The fraction of sp³-hybridized carbons (Fsp3) is 0.200. The third kappa shape index (κ3) is 4.30. The van der Waals surface area contributed by atoms with Crippen molar-refractivity contribution < 1.29 is 32.9 Å². The molecule has 0 amide bonds. The lowest BCUT2D eigenvalue weighted by Gasteiger charge is -2.15. The van der Waals surface area contributed by atoms with Crippen molar-refractivity contribution in [2.24, 2.45) is 0 Å². The number of para-hydroxylation sites is 1. The largest absolute Gasteiger partial charge is 0.459 e. The van der Waals surface area contributed by atoms with Gasteiger partial charge in [-0.2, -0.15) is 13.2 Å². The number of aliphatic hydroxyl groups excluding tert-OH is 2. The van der Waals surface area contributed by atoms with Gasteiger partial charge in [-0.15, -0.1) is 0 Å². The van der Waals surface area contributed by atoms with Gasteiger partial charge in [0.15, 0.2) is 0 Å². The zero-order valence-electron chi connectivity index (χ0n) is 15.0. The molecule has 1 aromatic heterocycles. The van der Waals surface area contributed by atoms with Crippen LogP contribution in [-0.2, 0) is 10.9 Å². The number of hydrogen-bond acceptors (Lipinski definition) is 6. The minimum atomic E-state index is -4.63. The van der Waals surface area contributed by atoms with Crippen LogP contribution in [0, 0.1) is 0 Å². The van der Waals surface area contributed by atoms with Crippen LogP contribution in [0.4, 0.5) is 19.0 Å². The molecule has 1 unspecified atom stereocenters. The van der Waals surface area contributed by atoms with E-state index in [4.69, 9.17) is 15.6 Å². The van der Waals surface area contributed by atoms with Crippen molar-refractivity contribution in [2.45, 2.75) is 12.3 Å². The number of carbonyl (C=O) groups is 1. The van der Waals surface area contributed by atoms with Gasteiger partial charge in [-0.1, -0.05) is 30.3 Å². The Bertz CT molecular complexity index is 1050. The maximum atomic E-state index is 13.4. The van der Waals surface area contributed by atoms with E-state index in [2.05, 4.69) is 4.98 Å². The van der Waals surface area contributed by atoms with Crippen molar-refractivity contribution in [3.05, 3.63) is 59.7 Å². The molecule has 29 heavy (non-hydrogen) atoms. The summed E-state index contributed by atoms with van der Waals surface area (Å²) in [6.07, 6.45) is -5.87. The number of alkyl halides is 3. The maximum Gasteiger partial charge on any atom is 0.418 e. The standard InChI is InChI=1S/C20H17F3N2O4/c21-20(22,23)16-7-3-6-13-15(8-17(24)25-18(13)16)12-4-1-2-5-14(12)19(28)29-10-11(27)9-26/h1-8,11,26-27H,9-10H2,(H2,24,25). The number of aromatic nitrogens is 1. The molecule has 0 spiro atoms. The molecule has 0 saturated carbocycles. The number of fused-ring (bicyclic) bond motifs is 1. The molecular weight excluding hydrogens is 389 g/mol. The third-order valence-corrected chi connectivity index (χ3v) is 4.22. The number of halogens is 3. The Morgan fingerprint density at radius 3 is 2.55 bits per heavy atom. The molecule has 0 aliphatic heterocycles. The van der Waals surface area contributed by atoms with Gasteiger partial charge < -0.3 is 20.7 Å². The van der Waals surface area contributed by atoms with Crippen LogP contribution in [-0.4, -0.2) is 40.5 Å². The Kier molecular flexibility index (Phi) is 5.71. The summed E-state index contributed by atoms with van der Waals surface area (Å²) in [5, 5.41) is 18.4. The normalized spacial score (nSPS) is 12.7. The fourth-order valence-corrected chi connectivity index (χ4v) is 2.92. The summed E-state index contributed by atoms with van der Waals surface area (Å²) in [4.78, 5) is 16.3. The number of esters is 1. The lowest BCUT2D eigenvalue weighted by molar-refractivity contribution is -0.136.